The summed E-state index contributed by atoms with van der Waals surface area (Å²) >= 11 is 0. The van der Waals surface area contributed by atoms with Crippen molar-refractivity contribution in [3.05, 3.63) is 48.0 Å². The molecule has 0 unspecified atom stereocenters. The van der Waals surface area contributed by atoms with Crippen LogP contribution in [0.2, 0.25) is 0 Å². The molecule has 0 aliphatic heterocycles. The molecule has 1 aromatic carbocycles. The molecule has 0 bridgehead atoms. The lowest BCUT2D eigenvalue weighted by atomic mass is 10.1. The van der Waals surface area contributed by atoms with Crippen molar-refractivity contribution in [3.8, 4) is 0 Å². The van der Waals surface area contributed by atoms with Crippen LogP contribution in [0.15, 0.2) is 42.5 Å². The molecule has 1 amide bonds. The zero-order chi connectivity index (χ0) is 15.0. The Labute approximate surface area is 118 Å². The van der Waals surface area contributed by atoms with E-state index in [-0.39, 0.29) is 0 Å². The van der Waals surface area contributed by atoms with Crippen LogP contribution in [0.1, 0.15) is 26.3 Å². The van der Waals surface area contributed by atoms with Crippen LogP contribution in [0.4, 0.5) is 4.79 Å². The smallest absolute Gasteiger partial charge is 0.441 e. The van der Waals surface area contributed by atoms with Gasteiger partial charge in [0, 0.05) is 6.08 Å². The second-order valence-corrected chi connectivity index (χ2v) is 5.12. The predicted molar refractivity (Wildman–Crippen MR) is 74.7 cm³/mol. The lowest BCUT2D eigenvalue weighted by molar-refractivity contribution is -0.144. The number of ether oxygens (including phenoxy) is 1. The SMILES string of the molecule is CC(C)(C)OC(=O)NOC(=O)C=CCc1ccccc1. The van der Waals surface area contributed by atoms with E-state index in [1.54, 1.807) is 26.8 Å². The number of allylic oxidation sites excluding steroid dienone is 1. The van der Waals surface area contributed by atoms with Crippen LogP contribution in [0.25, 0.3) is 0 Å². The van der Waals surface area contributed by atoms with Crippen molar-refractivity contribution >= 4 is 12.1 Å². The number of hydrogen-bond donors (Lipinski definition) is 1. The summed E-state index contributed by atoms with van der Waals surface area (Å²) in [6, 6.07) is 9.67. The summed E-state index contributed by atoms with van der Waals surface area (Å²) in [6.45, 7) is 5.15. The van der Waals surface area contributed by atoms with Gasteiger partial charge in [0.25, 0.3) is 0 Å². The van der Waals surface area contributed by atoms with Gasteiger partial charge in [-0.3, -0.25) is 0 Å². The molecule has 108 valence electrons. The molecule has 0 fully saturated rings. The number of hydrogen-bond acceptors (Lipinski definition) is 4. The van der Waals surface area contributed by atoms with E-state index in [1.807, 2.05) is 35.8 Å². The first-order chi connectivity index (χ1) is 9.37. The molecule has 5 heteroatoms. The molecular weight excluding hydrogens is 258 g/mol. The second kappa shape index (κ2) is 7.33. The average molecular weight is 277 g/mol. The second-order valence-electron chi connectivity index (χ2n) is 5.12. The zero-order valence-corrected chi connectivity index (χ0v) is 11.9. The Kier molecular flexibility index (Phi) is 5.77. The topological polar surface area (TPSA) is 64.6 Å². The molecule has 1 rings (SSSR count). The van der Waals surface area contributed by atoms with E-state index in [0.717, 1.165) is 5.56 Å². The van der Waals surface area contributed by atoms with E-state index < -0.39 is 17.7 Å². The third-order valence-electron chi connectivity index (χ3n) is 2.08. The number of hydroxylamine groups is 1. The van der Waals surface area contributed by atoms with Crippen molar-refractivity contribution in [2.45, 2.75) is 32.8 Å². The van der Waals surface area contributed by atoms with Crippen LogP contribution < -0.4 is 5.48 Å². The molecule has 0 spiro atoms. The Morgan fingerprint density at radius 2 is 1.85 bits per heavy atom. The largest absolute Gasteiger partial charge is 0.442 e. The van der Waals surface area contributed by atoms with E-state index in [2.05, 4.69) is 4.84 Å². The minimum Gasteiger partial charge on any atom is -0.442 e. The van der Waals surface area contributed by atoms with Crippen molar-refractivity contribution in [2.24, 2.45) is 0 Å². The van der Waals surface area contributed by atoms with Crippen molar-refractivity contribution in [2.75, 3.05) is 0 Å². The number of carbonyl (C=O) groups is 2. The van der Waals surface area contributed by atoms with Gasteiger partial charge in [0.1, 0.15) is 5.60 Å². The van der Waals surface area contributed by atoms with Gasteiger partial charge in [0.2, 0.25) is 0 Å². The van der Waals surface area contributed by atoms with E-state index in [9.17, 15) is 9.59 Å². The molecule has 0 saturated carbocycles. The van der Waals surface area contributed by atoms with Gasteiger partial charge in [-0.25, -0.2) is 9.59 Å². The minimum atomic E-state index is -0.803. The van der Waals surface area contributed by atoms with Crippen LogP contribution in [0, 0.1) is 0 Å². The minimum absolute atomic E-state index is 0.613. The van der Waals surface area contributed by atoms with E-state index >= 15 is 0 Å². The predicted octanol–water partition coefficient (Wildman–Crippen LogP) is 2.77. The highest BCUT2D eigenvalue weighted by atomic mass is 16.7. The Morgan fingerprint density at radius 3 is 2.45 bits per heavy atom. The Bertz CT molecular complexity index is 474. The highest BCUT2D eigenvalue weighted by molar-refractivity contribution is 5.83. The molecule has 0 heterocycles. The van der Waals surface area contributed by atoms with Crippen molar-refractivity contribution in [3.63, 3.8) is 0 Å². The molecule has 0 saturated heterocycles. The molecule has 5 nitrogen and oxygen atoms in total. The fourth-order valence-electron chi connectivity index (χ4n) is 1.33. The normalized spacial score (nSPS) is 11.2. The lowest BCUT2D eigenvalue weighted by Crippen LogP contribution is -2.33. The third-order valence-corrected chi connectivity index (χ3v) is 2.08. The van der Waals surface area contributed by atoms with Crippen molar-refractivity contribution in [1.29, 1.82) is 0 Å². The van der Waals surface area contributed by atoms with Crippen molar-refractivity contribution in [1.82, 2.24) is 5.48 Å². The fourth-order valence-corrected chi connectivity index (χ4v) is 1.33. The summed E-state index contributed by atoms with van der Waals surface area (Å²) in [5.41, 5.74) is 2.37. The maximum absolute atomic E-state index is 11.3. The summed E-state index contributed by atoms with van der Waals surface area (Å²) < 4.78 is 4.91. The molecule has 0 aromatic heterocycles. The molecule has 0 aliphatic rings. The van der Waals surface area contributed by atoms with Crippen molar-refractivity contribution < 1.29 is 19.2 Å². The van der Waals surface area contributed by atoms with Gasteiger partial charge in [-0.2, -0.15) is 0 Å². The van der Waals surface area contributed by atoms with Gasteiger partial charge in [0.05, 0.1) is 0 Å². The summed E-state index contributed by atoms with van der Waals surface area (Å²) in [5.74, 6) is -0.660. The standard InChI is InChI=1S/C15H19NO4/c1-15(2,3)19-14(18)16-20-13(17)11-7-10-12-8-5-4-6-9-12/h4-9,11H,10H2,1-3H3,(H,16,18). The van der Waals surface area contributed by atoms with Gasteiger partial charge >= 0.3 is 12.1 Å². The first-order valence-corrected chi connectivity index (χ1v) is 6.27. The van der Waals surface area contributed by atoms with Gasteiger partial charge in [-0.1, -0.05) is 36.4 Å². The van der Waals surface area contributed by atoms with Crippen LogP contribution in [-0.2, 0) is 20.8 Å². The molecule has 0 atom stereocenters. The first kappa shape index (κ1) is 15.8. The number of benzene rings is 1. The quantitative estimate of drug-likeness (QED) is 0.681. The summed E-state index contributed by atoms with van der Waals surface area (Å²) in [5, 5.41) is 0. The molecule has 20 heavy (non-hydrogen) atoms. The van der Waals surface area contributed by atoms with E-state index in [1.165, 1.54) is 6.08 Å². The summed E-state index contributed by atoms with van der Waals surface area (Å²) in [4.78, 5) is 27.1. The number of carbonyl (C=O) groups excluding carboxylic acids is 2. The van der Waals surface area contributed by atoms with Gasteiger partial charge < -0.3 is 9.57 Å². The molecular formula is C15H19NO4. The first-order valence-electron chi connectivity index (χ1n) is 6.27. The molecule has 0 radical (unpaired) electrons. The van der Waals surface area contributed by atoms with E-state index in [4.69, 9.17) is 4.74 Å². The molecule has 1 N–H and O–H groups in total. The number of amides is 1. The van der Waals surface area contributed by atoms with Crippen LogP contribution >= 0.6 is 0 Å². The van der Waals surface area contributed by atoms with Crippen LogP contribution in [0.5, 0.6) is 0 Å². The lowest BCUT2D eigenvalue weighted by Gasteiger charge is -2.18. The van der Waals surface area contributed by atoms with Gasteiger partial charge in [-0.15, -0.1) is 5.48 Å². The average Bonchev–Trinajstić information content (AvgIpc) is 2.36. The Morgan fingerprint density at radius 1 is 1.20 bits per heavy atom. The number of nitrogens with one attached hydrogen (secondary N) is 1. The fraction of sp³-hybridized carbons (Fsp3) is 0.333. The van der Waals surface area contributed by atoms with Gasteiger partial charge in [0.15, 0.2) is 0 Å². The maximum Gasteiger partial charge on any atom is 0.441 e. The maximum atomic E-state index is 11.3. The van der Waals surface area contributed by atoms with Crippen LogP contribution in [-0.4, -0.2) is 17.7 Å². The third kappa shape index (κ3) is 7.20. The van der Waals surface area contributed by atoms with Gasteiger partial charge in [-0.05, 0) is 32.8 Å². The van der Waals surface area contributed by atoms with E-state index in [0.29, 0.717) is 6.42 Å². The summed E-state index contributed by atoms with van der Waals surface area (Å²) in [7, 11) is 0. The molecule has 1 aromatic rings. The van der Waals surface area contributed by atoms with Crippen LogP contribution in [0.3, 0.4) is 0 Å². The Hall–Kier alpha value is -2.30. The highest BCUT2D eigenvalue weighted by Gasteiger charge is 2.16. The molecule has 0 aliphatic carbocycles. The number of rotatable bonds is 3. The highest BCUT2D eigenvalue weighted by Crippen LogP contribution is 2.06. The monoisotopic (exact) mass is 277 g/mol. The summed E-state index contributed by atoms with van der Waals surface area (Å²) in [6.07, 6.45) is 2.73. The zero-order valence-electron chi connectivity index (χ0n) is 11.9. The Balaban J connectivity index is 2.28.